The highest BCUT2D eigenvalue weighted by atomic mass is 32.2. The fourth-order valence-corrected chi connectivity index (χ4v) is 4.82. The molecule has 6 nitrogen and oxygen atoms in total. The number of carbonyl (C=O) groups excluding carboxylic acids is 1. The van der Waals surface area contributed by atoms with Crippen molar-refractivity contribution in [3.8, 4) is 10.8 Å². The van der Waals surface area contributed by atoms with Crippen LogP contribution in [0.25, 0.3) is 10.8 Å². The van der Waals surface area contributed by atoms with Gasteiger partial charge in [0.15, 0.2) is 16.1 Å². The molecule has 0 aliphatic carbocycles. The minimum absolute atomic E-state index is 0.0705. The maximum absolute atomic E-state index is 12.9. The Balaban J connectivity index is 1.56. The molecule has 3 aromatic heterocycles. The first-order valence-corrected chi connectivity index (χ1v) is 10.6. The van der Waals surface area contributed by atoms with Gasteiger partial charge in [-0.1, -0.05) is 30.0 Å². The predicted octanol–water partition coefficient (Wildman–Crippen LogP) is 4.41. The van der Waals surface area contributed by atoms with E-state index in [1.165, 1.54) is 11.8 Å². The van der Waals surface area contributed by atoms with Crippen LogP contribution >= 0.6 is 23.1 Å². The van der Waals surface area contributed by atoms with Gasteiger partial charge in [-0.2, -0.15) is 0 Å². The SMILES string of the molecule is Cc1cc(C(=O)CSc2nnc(C)n2-c2ccccc2)c(C)n1-c1nccs1. The van der Waals surface area contributed by atoms with Crippen LogP contribution in [0.15, 0.2) is 53.1 Å². The number of nitrogens with zero attached hydrogens (tertiary/aromatic N) is 5. The Hall–Kier alpha value is -2.71. The summed E-state index contributed by atoms with van der Waals surface area (Å²) in [6, 6.07) is 11.9. The Morgan fingerprint density at radius 1 is 1.11 bits per heavy atom. The average molecular weight is 410 g/mol. The largest absolute Gasteiger partial charge is 0.294 e. The smallest absolute Gasteiger partial charge is 0.196 e. The summed E-state index contributed by atoms with van der Waals surface area (Å²) < 4.78 is 4.00. The zero-order valence-corrected chi connectivity index (χ0v) is 17.4. The second-order valence-electron chi connectivity index (χ2n) is 6.35. The van der Waals surface area contributed by atoms with Crippen LogP contribution in [0, 0.1) is 20.8 Å². The molecule has 0 aliphatic rings. The Kier molecular flexibility index (Phi) is 5.15. The third kappa shape index (κ3) is 3.41. The van der Waals surface area contributed by atoms with Crippen LogP contribution in [0.5, 0.6) is 0 Å². The van der Waals surface area contributed by atoms with Gasteiger partial charge in [0.05, 0.1) is 5.75 Å². The van der Waals surface area contributed by atoms with E-state index in [0.29, 0.717) is 10.9 Å². The summed E-state index contributed by atoms with van der Waals surface area (Å²) in [5, 5.41) is 12.0. The molecule has 0 fully saturated rings. The molecule has 0 saturated carbocycles. The predicted molar refractivity (Wildman–Crippen MR) is 112 cm³/mol. The lowest BCUT2D eigenvalue weighted by molar-refractivity contribution is 0.102. The Morgan fingerprint density at radius 3 is 2.61 bits per heavy atom. The fraction of sp³-hybridized carbons (Fsp3) is 0.200. The highest BCUT2D eigenvalue weighted by molar-refractivity contribution is 7.99. The van der Waals surface area contributed by atoms with E-state index >= 15 is 0 Å². The van der Waals surface area contributed by atoms with Gasteiger partial charge in [-0.3, -0.25) is 13.9 Å². The van der Waals surface area contributed by atoms with Crippen LogP contribution in [0.2, 0.25) is 0 Å². The van der Waals surface area contributed by atoms with Gasteiger partial charge in [0.2, 0.25) is 0 Å². The normalized spacial score (nSPS) is 11.1. The van der Waals surface area contributed by atoms with Crippen LogP contribution in [0.3, 0.4) is 0 Å². The monoisotopic (exact) mass is 409 g/mol. The first-order chi connectivity index (χ1) is 13.6. The van der Waals surface area contributed by atoms with Crippen molar-refractivity contribution in [2.45, 2.75) is 25.9 Å². The van der Waals surface area contributed by atoms with E-state index in [1.54, 1.807) is 17.5 Å². The van der Waals surface area contributed by atoms with Gasteiger partial charge >= 0.3 is 0 Å². The molecule has 0 bridgehead atoms. The number of ketones is 1. The van der Waals surface area contributed by atoms with Crippen LogP contribution < -0.4 is 0 Å². The number of carbonyl (C=O) groups is 1. The fourth-order valence-electron chi connectivity index (χ4n) is 3.18. The molecule has 3 heterocycles. The Labute approximate surface area is 171 Å². The molecular weight excluding hydrogens is 390 g/mol. The number of para-hydroxylation sites is 1. The molecule has 0 saturated heterocycles. The number of benzene rings is 1. The molecule has 142 valence electrons. The summed E-state index contributed by atoms with van der Waals surface area (Å²) in [4.78, 5) is 17.3. The first-order valence-electron chi connectivity index (χ1n) is 8.78. The average Bonchev–Trinajstić information content (AvgIpc) is 3.40. The molecule has 0 aliphatic heterocycles. The maximum atomic E-state index is 12.9. The van der Waals surface area contributed by atoms with E-state index in [9.17, 15) is 4.79 Å². The van der Waals surface area contributed by atoms with E-state index < -0.39 is 0 Å². The number of Topliss-reactive ketones (excluding diaryl/α,β-unsaturated/α-hetero) is 1. The molecular formula is C20H19N5OS2. The number of rotatable bonds is 6. The van der Waals surface area contributed by atoms with Gasteiger partial charge in [-0.25, -0.2) is 4.98 Å². The van der Waals surface area contributed by atoms with Gasteiger partial charge in [-0.15, -0.1) is 21.5 Å². The molecule has 8 heteroatoms. The summed E-state index contributed by atoms with van der Waals surface area (Å²) in [6.07, 6.45) is 1.77. The van der Waals surface area contributed by atoms with E-state index in [4.69, 9.17) is 0 Å². The number of aryl methyl sites for hydroxylation is 2. The molecule has 0 radical (unpaired) electrons. The van der Waals surface area contributed by atoms with E-state index in [0.717, 1.165) is 33.6 Å². The molecule has 0 amide bonds. The van der Waals surface area contributed by atoms with E-state index in [-0.39, 0.29) is 5.78 Å². The van der Waals surface area contributed by atoms with E-state index in [2.05, 4.69) is 15.2 Å². The summed E-state index contributed by atoms with van der Waals surface area (Å²) in [7, 11) is 0. The van der Waals surface area contributed by atoms with Gasteiger partial charge < -0.3 is 0 Å². The third-order valence-corrected chi connectivity index (χ3v) is 6.17. The second-order valence-corrected chi connectivity index (χ2v) is 8.16. The number of thioether (sulfide) groups is 1. The van der Waals surface area contributed by atoms with Crippen LogP contribution in [0.4, 0.5) is 0 Å². The molecule has 1 aromatic carbocycles. The van der Waals surface area contributed by atoms with Gasteiger partial charge in [0.25, 0.3) is 0 Å². The van der Waals surface area contributed by atoms with Crippen LogP contribution in [-0.4, -0.2) is 35.9 Å². The molecule has 0 atom stereocenters. The van der Waals surface area contributed by atoms with Gasteiger partial charge in [-0.05, 0) is 39.0 Å². The standard InChI is InChI=1S/C20H19N5OS2/c1-13-11-17(14(2)24(13)19-21-9-10-27-19)18(26)12-28-20-23-22-15(3)25(20)16-7-5-4-6-8-16/h4-11H,12H2,1-3H3. The Morgan fingerprint density at radius 2 is 1.89 bits per heavy atom. The van der Waals surface area contributed by atoms with Crippen molar-refractivity contribution in [1.29, 1.82) is 0 Å². The molecule has 0 N–H and O–H groups in total. The zero-order chi connectivity index (χ0) is 19.7. The van der Waals surface area contributed by atoms with Crippen molar-refractivity contribution in [2.24, 2.45) is 0 Å². The summed E-state index contributed by atoms with van der Waals surface area (Å²) in [5.41, 5.74) is 3.63. The first kappa shape index (κ1) is 18.6. The Bertz CT molecular complexity index is 1110. The minimum Gasteiger partial charge on any atom is -0.294 e. The quantitative estimate of drug-likeness (QED) is 0.348. The third-order valence-electron chi connectivity index (χ3n) is 4.48. The van der Waals surface area contributed by atoms with Crippen molar-refractivity contribution in [1.82, 2.24) is 24.3 Å². The van der Waals surface area contributed by atoms with Crippen LogP contribution in [-0.2, 0) is 0 Å². The lowest BCUT2D eigenvalue weighted by Crippen LogP contribution is -2.07. The summed E-state index contributed by atoms with van der Waals surface area (Å²) in [5.74, 6) is 1.16. The number of thiazole rings is 1. The lowest BCUT2D eigenvalue weighted by atomic mass is 10.2. The van der Waals surface area contributed by atoms with Crippen molar-refractivity contribution >= 4 is 28.9 Å². The van der Waals surface area contributed by atoms with Crippen molar-refractivity contribution in [3.63, 3.8) is 0 Å². The number of hydrogen-bond acceptors (Lipinski definition) is 6. The van der Waals surface area contributed by atoms with E-state index in [1.807, 2.05) is 71.7 Å². The van der Waals surface area contributed by atoms with Crippen molar-refractivity contribution < 1.29 is 4.79 Å². The molecule has 0 unspecified atom stereocenters. The molecule has 0 spiro atoms. The van der Waals surface area contributed by atoms with Gasteiger partial charge in [0.1, 0.15) is 5.82 Å². The molecule has 4 aromatic rings. The topological polar surface area (TPSA) is 65.6 Å². The lowest BCUT2D eigenvalue weighted by Gasteiger charge is -2.08. The zero-order valence-electron chi connectivity index (χ0n) is 15.8. The summed E-state index contributed by atoms with van der Waals surface area (Å²) in [6.45, 7) is 5.87. The van der Waals surface area contributed by atoms with Crippen molar-refractivity contribution in [3.05, 3.63) is 70.8 Å². The highest BCUT2D eigenvalue weighted by Gasteiger charge is 2.19. The molecule has 28 heavy (non-hydrogen) atoms. The number of hydrogen-bond donors (Lipinski definition) is 0. The maximum Gasteiger partial charge on any atom is 0.196 e. The van der Waals surface area contributed by atoms with Gasteiger partial charge in [0, 0.05) is 34.2 Å². The molecule has 4 rings (SSSR count). The number of aromatic nitrogens is 5. The van der Waals surface area contributed by atoms with Crippen molar-refractivity contribution in [2.75, 3.05) is 5.75 Å². The second kappa shape index (κ2) is 7.73. The minimum atomic E-state index is 0.0705. The highest BCUT2D eigenvalue weighted by Crippen LogP contribution is 2.26. The van der Waals surface area contributed by atoms with Crippen LogP contribution in [0.1, 0.15) is 27.6 Å². The summed E-state index contributed by atoms with van der Waals surface area (Å²) >= 11 is 2.96.